The normalized spacial score (nSPS) is 12.7. The van der Waals surface area contributed by atoms with Crippen molar-refractivity contribution in [1.82, 2.24) is 14.5 Å². The molecule has 0 bridgehead atoms. The van der Waals surface area contributed by atoms with Gasteiger partial charge in [0, 0.05) is 18.1 Å². The van der Waals surface area contributed by atoms with Crippen LogP contribution in [0, 0.1) is 0 Å². The van der Waals surface area contributed by atoms with Crippen LogP contribution in [0.1, 0.15) is 18.5 Å². The highest BCUT2D eigenvalue weighted by Gasteiger charge is 2.11. The van der Waals surface area contributed by atoms with Gasteiger partial charge in [-0.15, -0.1) is 0 Å². The Kier molecular flexibility index (Phi) is 2.48. The topological polar surface area (TPSA) is 56.7 Å². The molecule has 0 aliphatic rings. The molecule has 2 heterocycles. The van der Waals surface area contributed by atoms with Gasteiger partial charge in [0.15, 0.2) is 0 Å². The third kappa shape index (κ3) is 1.72. The lowest BCUT2D eigenvalue weighted by atomic mass is 10.1. The fourth-order valence-corrected chi connectivity index (χ4v) is 2.14. The SMILES string of the molecule is CC(c1cccnc1)n1cnc2cc(N)ccc21. The Morgan fingerprint density at radius 1 is 1.28 bits per heavy atom. The Morgan fingerprint density at radius 2 is 2.17 bits per heavy atom. The smallest absolute Gasteiger partial charge is 0.0964 e. The van der Waals surface area contributed by atoms with Crippen LogP contribution in [0.15, 0.2) is 49.1 Å². The van der Waals surface area contributed by atoms with E-state index in [0.717, 1.165) is 22.3 Å². The highest BCUT2D eigenvalue weighted by molar-refractivity contribution is 5.79. The maximum Gasteiger partial charge on any atom is 0.0964 e. The molecule has 1 atom stereocenters. The van der Waals surface area contributed by atoms with E-state index in [1.807, 2.05) is 36.8 Å². The molecule has 1 aromatic carbocycles. The van der Waals surface area contributed by atoms with E-state index in [2.05, 4.69) is 27.5 Å². The average Bonchev–Trinajstić information content (AvgIpc) is 2.81. The second kappa shape index (κ2) is 4.14. The molecule has 1 unspecified atom stereocenters. The van der Waals surface area contributed by atoms with Crippen LogP contribution in [-0.4, -0.2) is 14.5 Å². The molecule has 0 radical (unpaired) electrons. The predicted octanol–water partition coefficient (Wildman–Crippen LogP) is 2.62. The van der Waals surface area contributed by atoms with Gasteiger partial charge in [0.05, 0.1) is 23.4 Å². The number of pyridine rings is 1. The summed E-state index contributed by atoms with van der Waals surface area (Å²) >= 11 is 0. The summed E-state index contributed by atoms with van der Waals surface area (Å²) in [6.07, 6.45) is 5.51. The Labute approximate surface area is 105 Å². The minimum Gasteiger partial charge on any atom is -0.399 e. The number of nitrogens with zero attached hydrogens (tertiary/aromatic N) is 3. The third-order valence-corrected chi connectivity index (χ3v) is 3.18. The lowest BCUT2D eigenvalue weighted by Crippen LogP contribution is -2.05. The second-order valence-corrected chi connectivity index (χ2v) is 4.36. The Morgan fingerprint density at radius 3 is 2.94 bits per heavy atom. The molecular weight excluding hydrogens is 224 g/mol. The van der Waals surface area contributed by atoms with Gasteiger partial charge < -0.3 is 10.3 Å². The molecule has 4 heteroatoms. The highest BCUT2D eigenvalue weighted by Crippen LogP contribution is 2.23. The van der Waals surface area contributed by atoms with Crippen LogP contribution in [0.2, 0.25) is 0 Å². The highest BCUT2D eigenvalue weighted by atomic mass is 15.1. The monoisotopic (exact) mass is 238 g/mol. The van der Waals surface area contributed by atoms with E-state index >= 15 is 0 Å². The zero-order chi connectivity index (χ0) is 12.5. The van der Waals surface area contributed by atoms with Crippen molar-refractivity contribution < 1.29 is 0 Å². The fourth-order valence-electron chi connectivity index (χ4n) is 2.14. The molecule has 2 aromatic heterocycles. The fraction of sp³-hybridized carbons (Fsp3) is 0.143. The molecule has 0 amide bonds. The van der Waals surface area contributed by atoms with Crippen LogP contribution >= 0.6 is 0 Å². The van der Waals surface area contributed by atoms with E-state index in [9.17, 15) is 0 Å². The number of nitrogen functional groups attached to an aromatic ring is 1. The minimum absolute atomic E-state index is 0.201. The number of aromatic nitrogens is 3. The van der Waals surface area contributed by atoms with Crippen molar-refractivity contribution in [3.63, 3.8) is 0 Å². The van der Waals surface area contributed by atoms with Crippen molar-refractivity contribution in [3.05, 3.63) is 54.6 Å². The first kappa shape index (κ1) is 10.8. The number of hydrogen-bond donors (Lipinski definition) is 1. The third-order valence-electron chi connectivity index (χ3n) is 3.18. The predicted molar refractivity (Wildman–Crippen MR) is 72.2 cm³/mol. The molecule has 4 nitrogen and oxygen atoms in total. The van der Waals surface area contributed by atoms with E-state index in [0.29, 0.717) is 0 Å². The number of hydrogen-bond acceptors (Lipinski definition) is 3. The number of nitrogens with two attached hydrogens (primary N) is 1. The van der Waals surface area contributed by atoms with Crippen molar-refractivity contribution in [2.24, 2.45) is 0 Å². The molecule has 0 aliphatic heterocycles. The van der Waals surface area contributed by atoms with E-state index in [1.54, 1.807) is 6.20 Å². The maximum atomic E-state index is 5.76. The summed E-state index contributed by atoms with van der Waals surface area (Å²) in [4.78, 5) is 8.54. The first-order valence-corrected chi connectivity index (χ1v) is 5.87. The van der Waals surface area contributed by atoms with E-state index < -0.39 is 0 Å². The van der Waals surface area contributed by atoms with Crippen LogP contribution in [0.3, 0.4) is 0 Å². The van der Waals surface area contributed by atoms with Gasteiger partial charge in [-0.05, 0) is 36.8 Å². The lowest BCUT2D eigenvalue weighted by Gasteiger charge is -2.14. The van der Waals surface area contributed by atoms with Gasteiger partial charge in [0.1, 0.15) is 0 Å². The summed E-state index contributed by atoms with van der Waals surface area (Å²) in [7, 11) is 0. The van der Waals surface area contributed by atoms with Gasteiger partial charge in [-0.1, -0.05) is 6.07 Å². The average molecular weight is 238 g/mol. The molecule has 3 aromatic rings. The molecule has 0 saturated heterocycles. The lowest BCUT2D eigenvalue weighted by molar-refractivity contribution is 0.655. The summed E-state index contributed by atoms with van der Waals surface area (Å²) < 4.78 is 2.13. The standard InChI is InChI=1S/C14H14N4/c1-10(11-3-2-6-16-8-11)18-9-17-13-7-12(15)4-5-14(13)18/h2-10H,15H2,1H3. The van der Waals surface area contributed by atoms with Crippen molar-refractivity contribution in [3.8, 4) is 0 Å². The van der Waals surface area contributed by atoms with Crippen LogP contribution in [0.5, 0.6) is 0 Å². The number of rotatable bonds is 2. The number of anilines is 1. The zero-order valence-electron chi connectivity index (χ0n) is 10.1. The summed E-state index contributed by atoms with van der Waals surface area (Å²) in [6, 6.07) is 10.0. The summed E-state index contributed by atoms with van der Waals surface area (Å²) in [5, 5.41) is 0. The number of imidazole rings is 1. The van der Waals surface area contributed by atoms with Gasteiger partial charge >= 0.3 is 0 Å². The molecule has 0 spiro atoms. The van der Waals surface area contributed by atoms with E-state index in [1.165, 1.54) is 0 Å². The maximum absolute atomic E-state index is 5.76. The second-order valence-electron chi connectivity index (χ2n) is 4.36. The van der Waals surface area contributed by atoms with Gasteiger partial charge in [-0.3, -0.25) is 4.98 Å². The van der Waals surface area contributed by atoms with Gasteiger partial charge in [0.2, 0.25) is 0 Å². The summed E-state index contributed by atoms with van der Waals surface area (Å²) in [5.41, 5.74) is 9.67. The molecule has 18 heavy (non-hydrogen) atoms. The van der Waals surface area contributed by atoms with Crippen molar-refractivity contribution in [2.75, 3.05) is 5.73 Å². The Balaban J connectivity index is 2.10. The zero-order valence-corrected chi connectivity index (χ0v) is 10.1. The first-order valence-electron chi connectivity index (χ1n) is 5.87. The molecule has 90 valence electrons. The quantitative estimate of drug-likeness (QED) is 0.698. The van der Waals surface area contributed by atoms with Crippen molar-refractivity contribution in [1.29, 1.82) is 0 Å². The van der Waals surface area contributed by atoms with Crippen LogP contribution in [0.4, 0.5) is 5.69 Å². The summed E-state index contributed by atoms with van der Waals surface area (Å²) in [5.74, 6) is 0. The van der Waals surface area contributed by atoms with Gasteiger partial charge in [0.25, 0.3) is 0 Å². The van der Waals surface area contributed by atoms with Crippen LogP contribution in [-0.2, 0) is 0 Å². The van der Waals surface area contributed by atoms with E-state index in [-0.39, 0.29) is 6.04 Å². The molecule has 0 saturated carbocycles. The van der Waals surface area contributed by atoms with Gasteiger partial charge in [-0.25, -0.2) is 4.98 Å². The number of fused-ring (bicyclic) bond motifs is 1. The molecular formula is C14H14N4. The Hall–Kier alpha value is -2.36. The molecule has 0 aliphatic carbocycles. The van der Waals surface area contributed by atoms with Crippen LogP contribution < -0.4 is 5.73 Å². The first-order chi connectivity index (χ1) is 8.75. The van der Waals surface area contributed by atoms with Crippen molar-refractivity contribution >= 4 is 16.7 Å². The Bertz CT molecular complexity index is 673. The molecule has 0 fully saturated rings. The molecule has 3 rings (SSSR count). The molecule has 2 N–H and O–H groups in total. The number of benzene rings is 1. The summed E-state index contributed by atoms with van der Waals surface area (Å²) in [6.45, 7) is 2.13. The van der Waals surface area contributed by atoms with Gasteiger partial charge in [-0.2, -0.15) is 0 Å². The van der Waals surface area contributed by atoms with Crippen molar-refractivity contribution in [2.45, 2.75) is 13.0 Å². The minimum atomic E-state index is 0.201. The van der Waals surface area contributed by atoms with E-state index in [4.69, 9.17) is 5.73 Å². The largest absolute Gasteiger partial charge is 0.399 e. The van der Waals surface area contributed by atoms with Crippen LogP contribution in [0.25, 0.3) is 11.0 Å².